The van der Waals surface area contributed by atoms with Gasteiger partial charge < -0.3 is 9.47 Å². The van der Waals surface area contributed by atoms with Gasteiger partial charge in [0.05, 0.1) is 6.61 Å². The molecule has 2 bridgehead atoms. The van der Waals surface area contributed by atoms with E-state index in [1.807, 2.05) is 12.1 Å². The van der Waals surface area contributed by atoms with Crippen molar-refractivity contribution in [1.82, 2.24) is 0 Å². The summed E-state index contributed by atoms with van der Waals surface area (Å²) in [6.45, 7) is 8.36. The van der Waals surface area contributed by atoms with E-state index in [9.17, 15) is 4.79 Å². The maximum Gasteiger partial charge on any atom is 0.509 e. The Bertz CT molecular complexity index is 442. The van der Waals surface area contributed by atoms with Gasteiger partial charge in [-0.2, -0.15) is 0 Å². The average Bonchev–Trinajstić information content (AvgIpc) is 2.29. The fourth-order valence-electron chi connectivity index (χ4n) is 2.52. The van der Waals surface area contributed by atoms with Crippen LogP contribution in [0.3, 0.4) is 0 Å². The lowest BCUT2D eigenvalue weighted by molar-refractivity contribution is -0.102. The van der Waals surface area contributed by atoms with Gasteiger partial charge in [-0.05, 0) is 18.1 Å². The predicted octanol–water partition coefficient (Wildman–Crippen LogP) is 3.66. The van der Waals surface area contributed by atoms with Crippen LogP contribution in [0.1, 0.15) is 38.8 Å². The number of benzene rings is 1. The van der Waals surface area contributed by atoms with Gasteiger partial charge in [0.2, 0.25) is 0 Å². The molecule has 0 spiro atoms. The fourth-order valence-corrected chi connectivity index (χ4v) is 2.52. The highest BCUT2D eigenvalue weighted by Gasteiger charge is 2.49. The van der Waals surface area contributed by atoms with Crippen LogP contribution >= 0.6 is 0 Å². The minimum absolute atomic E-state index is 0.185. The van der Waals surface area contributed by atoms with Crippen LogP contribution in [0.5, 0.6) is 0 Å². The molecule has 3 heteroatoms. The predicted molar refractivity (Wildman–Crippen MR) is 69.4 cm³/mol. The second-order valence-electron chi connectivity index (χ2n) is 5.74. The van der Waals surface area contributed by atoms with Crippen molar-refractivity contribution < 1.29 is 14.3 Å². The Morgan fingerprint density at radius 1 is 1.28 bits per heavy atom. The molecule has 1 aromatic carbocycles. The summed E-state index contributed by atoms with van der Waals surface area (Å²) in [6, 6.07) is 8.22. The Hall–Kier alpha value is -1.51. The van der Waals surface area contributed by atoms with Gasteiger partial charge in [-0.3, -0.25) is 0 Å². The zero-order valence-corrected chi connectivity index (χ0v) is 11.4. The number of fused-ring (bicyclic) bond motifs is 3. The Kier molecular flexibility index (Phi) is 3.09. The number of hydrogen-bond acceptors (Lipinski definition) is 3. The highest BCUT2D eigenvalue weighted by molar-refractivity contribution is 5.61. The SMILES string of the molecule is CCOC(=O)OC1(C(C)(C)C)Cc2ccc1cc2. The highest BCUT2D eigenvalue weighted by Crippen LogP contribution is 2.48. The van der Waals surface area contributed by atoms with Gasteiger partial charge in [-0.1, -0.05) is 45.0 Å². The first-order valence-corrected chi connectivity index (χ1v) is 6.34. The fraction of sp³-hybridized carbons (Fsp3) is 0.533. The summed E-state index contributed by atoms with van der Waals surface area (Å²) >= 11 is 0. The van der Waals surface area contributed by atoms with Gasteiger partial charge in [-0.25, -0.2) is 4.79 Å². The zero-order valence-electron chi connectivity index (χ0n) is 11.4. The van der Waals surface area contributed by atoms with Crippen LogP contribution in [0.25, 0.3) is 0 Å². The quantitative estimate of drug-likeness (QED) is 0.749. The molecular formula is C15H20O3. The summed E-state index contributed by atoms with van der Waals surface area (Å²) in [6.07, 6.45) is 0.132. The van der Waals surface area contributed by atoms with Crippen LogP contribution < -0.4 is 0 Å². The smallest absolute Gasteiger partial charge is 0.435 e. The largest absolute Gasteiger partial charge is 0.509 e. The van der Waals surface area contributed by atoms with Gasteiger partial charge in [-0.15, -0.1) is 0 Å². The molecule has 18 heavy (non-hydrogen) atoms. The van der Waals surface area contributed by atoms with E-state index in [-0.39, 0.29) is 5.41 Å². The highest BCUT2D eigenvalue weighted by atomic mass is 16.7. The number of carbonyl (C=O) groups is 1. The molecule has 1 atom stereocenters. The normalized spacial score (nSPS) is 21.8. The maximum absolute atomic E-state index is 11.7. The van der Waals surface area contributed by atoms with Crippen LogP contribution in [0.2, 0.25) is 0 Å². The molecule has 0 saturated heterocycles. The van der Waals surface area contributed by atoms with E-state index < -0.39 is 11.8 Å². The first kappa shape index (κ1) is 12.9. The van der Waals surface area contributed by atoms with Crippen LogP contribution in [-0.4, -0.2) is 12.8 Å². The second kappa shape index (κ2) is 4.30. The molecule has 98 valence electrons. The summed E-state index contributed by atoms with van der Waals surface area (Å²) in [7, 11) is 0. The maximum atomic E-state index is 11.7. The first-order chi connectivity index (χ1) is 8.39. The minimum atomic E-state index is -0.613. The molecule has 0 saturated carbocycles. The van der Waals surface area contributed by atoms with E-state index in [1.54, 1.807) is 6.92 Å². The van der Waals surface area contributed by atoms with Crippen molar-refractivity contribution in [2.45, 2.75) is 39.7 Å². The number of carbonyl (C=O) groups excluding carboxylic acids is 1. The molecule has 0 radical (unpaired) electrons. The molecule has 2 aliphatic rings. The zero-order chi connectivity index (χ0) is 13.4. The lowest BCUT2D eigenvalue weighted by atomic mass is 9.66. The van der Waals surface area contributed by atoms with Gasteiger partial charge in [0.25, 0.3) is 0 Å². The summed E-state index contributed by atoms with van der Waals surface area (Å²) in [5.41, 5.74) is 1.43. The van der Waals surface area contributed by atoms with Crippen molar-refractivity contribution >= 4 is 6.16 Å². The summed E-state index contributed by atoms with van der Waals surface area (Å²) < 4.78 is 10.6. The third kappa shape index (κ3) is 1.98. The van der Waals surface area contributed by atoms with Crippen LogP contribution in [-0.2, 0) is 21.5 Å². The molecule has 0 aromatic heterocycles. The Morgan fingerprint density at radius 3 is 2.28 bits per heavy atom. The van der Waals surface area contributed by atoms with E-state index in [4.69, 9.17) is 9.47 Å². The van der Waals surface area contributed by atoms with Crippen molar-refractivity contribution in [2.24, 2.45) is 5.41 Å². The van der Waals surface area contributed by atoms with Gasteiger partial charge in [0.1, 0.15) is 5.60 Å². The second-order valence-corrected chi connectivity index (χ2v) is 5.74. The molecule has 0 N–H and O–H groups in total. The molecule has 1 unspecified atom stereocenters. The van der Waals surface area contributed by atoms with E-state index in [2.05, 4.69) is 32.9 Å². The van der Waals surface area contributed by atoms with Crippen LogP contribution in [0, 0.1) is 5.41 Å². The molecule has 0 aliphatic heterocycles. The summed E-state index contributed by atoms with van der Waals surface area (Å²) in [5.74, 6) is 0. The molecule has 3 nitrogen and oxygen atoms in total. The molecule has 0 fully saturated rings. The first-order valence-electron chi connectivity index (χ1n) is 6.34. The van der Waals surface area contributed by atoms with E-state index >= 15 is 0 Å². The number of hydrogen-bond donors (Lipinski definition) is 0. The third-order valence-corrected chi connectivity index (χ3v) is 3.60. The summed E-state index contributed by atoms with van der Waals surface area (Å²) in [5, 5.41) is 0. The Morgan fingerprint density at radius 2 is 1.89 bits per heavy atom. The number of ether oxygens (including phenoxy) is 2. The van der Waals surface area contributed by atoms with Gasteiger partial charge in [0, 0.05) is 11.8 Å². The third-order valence-electron chi connectivity index (χ3n) is 3.60. The lowest BCUT2D eigenvalue weighted by Crippen LogP contribution is -2.47. The van der Waals surface area contributed by atoms with Crippen LogP contribution in [0.4, 0.5) is 4.79 Å². The Labute approximate surface area is 108 Å². The molecule has 2 aliphatic carbocycles. The van der Waals surface area contributed by atoms with Gasteiger partial charge in [0.15, 0.2) is 0 Å². The van der Waals surface area contributed by atoms with E-state index in [0.717, 1.165) is 12.0 Å². The van der Waals surface area contributed by atoms with Crippen molar-refractivity contribution in [2.75, 3.05) is 6.61 Å². The number of rotatable bonds is 2. The topological polar surface area (TPSA) is 35.5 Å². The van der Waals surface area contributed by atoms with Crippen LogP contribution in [0.15, 0.2) is 24.3 Å². The average molecular weight is 248 g/mol. The monoisotopic (exact) mass is 248 g/mol. The van der Waals surface area contributed by atoms with E-state index in [0.29, 0.717) is 6.61 Å². The molecule has 1 aromatic rings. The molecule has 0 amide bonds. The lowest BCUT2D eigenvalue weighted by Gasteiger charge is -2.46. The van der Waals surface area contributed by atoms with E-state index in [1.165, 1.54) is 5.56 Å². The van der Waals surface area contributed by atoms with Gasteiger partial charge >= 0.3 is 6.16 Å². The molecular weight excluding hydrogens is 228 g/mol. The summed E-state index contributed by atoms with van der Waals surface area (Å²) in [4.78, 5) is 11.7. The Balaban J connectivity index is 2.37. The molecule has 3 rings (SSSR count). The minimum Gasteiger partial charge on any atom is -0.435 e. The van der Waals surface area contributed by atoms with Crippen molar-refractivity contribution in [1.29, 1.82) is 0 Å². The standard InChI is InChI=1S/C15H20O3/c1-5-17-13(16)18-15(14(2,3)4)10-11-6-8-12(15)9-7-11/h6-9H,5,10H2,1-4H3. The van der Waals surface area contributed by atoms with Crippen molar-refractivity contribution in [3.63, 3.8) is 0 Å². The molecule has 0 heterocycles. The van der Waals surface area contributed by atoms with Crippen molar-refractivity contribution in [3.05, 3.63) is 35.4 Å². The van der Waals surface area contributed by atoms with Crippen molar-refractivity contribution in [3.8, 4) is 0 Å².